The lowest BCUT2D eigenvalue weighted by Gasteiger charge is -2.12. The summed E-state index contributed by atoms with van der Waals surface area (Å²) in [5.41, 5.74) is 1.12. The predicted molar refractivity (Wildman–Crippen MR) is 85.0 cm³/mol. The van der Waals surface area contributed by atoms with Crippen molar-refractivity contribution in [2.24, 2.45) is 0 Å². The Kier molecular flexibility index (Phi) is 3.82. The first-order valence-corrected chi connectivity index (χ1v) is 7.92. The Labute approximate surface area is 132 Å². The van der Waals surface area contributed by atoms with E-state index in [1.54, 1.807) is 12.1 Å². The highest BCUT2D eigenvalue weighted by molar-refractivity contribution is 9.10. The van der Waals surface area contributed by atoms with Gasteiger partial charge in [-0.15, -0.1) is 11.3 Å². The van der Waals surface area contributed by atoms with Crippen molar-refractivity contribution < 1.29 is 9.50 Å². The summed E-state index contributed by atoms with van der Waals surface area (Å²) in [6.45, 7) is 0. The van der Waals surface area contributed by atoms with Gasteiger partial charge < -0.3 is 5.11 Å². The Bertz CT molecular complexity index is 787. The number of aliphatic hydroxyl groups excluding tert-OH is 1. The largest absolute Gasteiger partial charge is 0.384 e. The van der Waals surface area contributed by atoms with Crippen LogP contribution in [0.5, 0.6) is 0 Å². The topological polar surface area (TPSA) is 20.2 Å². The molecule has 0 bridgehead atoms. The third-order valence-electron chi connectivity index (χ3n) is 3.15. The summed E-state index contributed by atoms with van der Waals surface area (Å²) in [6.07, 6.45) is -0.943. The van der Waals surface area contributed by atoms with Crippen LogP contribution in [0.3, 0.4) is 0 Å². The van der Waals surface area contributed by atoms with Gasteiger partial charge in [-0.1, -0.05) is 35.9 Å². The minimum absolute atomic E-state index is 0.0330. The van der Waals surface area contributed by atoms with Gasteiger partial charge in [0.05, 0.1) is 5.02 Å². The van der Waals surface area contributed by atoms with Crippen molar-refractivity contribution in [2.75, 3.05) is 0 Å². The lowest BCUT2D eigenvalue weighted by molar-refractivity contribution is 0.222. The van der Waals surface area contributed by atoms with E-state index in [1.165, 1.54) is 17.4 Å². The molecular formula is C15H9BrClFOS. The van der Waals surface area contributed by atoms with Gasteiger partial charge in [-0.25, -0.2) is 4.39 Å². The van der Waals surface area contributed by atoms with Crippen molar-refractivity contribution in [3.05, 3.63) is 68.2 Å². The first-order chi connectivity index (χ1) is 9.59. The first-order valence-electron chi connectivity index (χ1n) is 5.87. The summed E-state index contributed by atoms with van der Waals surface area (Å²) >= 11 is 11.0. The number of rotatable bonds is 2. The van der Waals surface area contributed by atoms with E-state index >= 15 is 0 Å². The number of aliphatic hydroxyl groups is 1. The zero-order valence-corrected chi connectivity index (χ0v) is 13.3. The quantitative estimate of drug-likeness (QED) is 0.627. The smallest absolute Gasteiger partial charge is 0.142 e. The summed E-state index contributed by atoms with van der Waals surface area (Å²) < 4.78 is 15.5. The third-order valence-corrected chi connectivity index (χ3v) is 5.52. The second kappa shape index (κ2) is 5.45. The van der Waals surface area contributed by atoms with Gasteiger partial charge in [-0.2, -0.15) is 0 Å². The number of hydrogen-bond donors (Lipinski definition) is 1. The molecule has 3 rings (SSSR count). The highest BCUT2D eigenvalue weighted by Crippen LogP contribution is 2.39. The number of benzene rings is 2. The second-order valence-corrected chi connectivity index (χ2v) is 6.47. The Morgan fingerprint density at radius 2 is 1.90 bits per heavy atom. The van der Waals surface area contributed by atoms with Crippen molar-refractivity contribution in [2.45, 2.75) is 6.10 Å². The molecule has 1 unspecified atom stereocenters. The van der Waals surface area contributed by atoms with Gasteiger partial charge in [0.2, 0.25) is 0 Å². The van der Waals surface area contributed by atoms with Crippen molar-refractivity contribution in [1.82, 2.24) is 0 Å². The lowest BCUT2D eigenvalue weighted by Crippen LogP contribution is -2.00. The molecular weight excluding hydrogens is 363 g/mol. The zero-order valence-electron chi connectivity index (χ0n) is 10.1. The molecule has 0 saturated heterocycles. The van der Waals surface area contributed by atoms with E-state index in [0.717, 1.165) is 20.1 Å². The van der Waals surface area contributed by atoms with E-state index in [1.807, 2.05) is 23.6 Å². The Balaban J connectivity index is 2.16. The van der Waals surface area contributed by atoms with E-state index in [-0.39, 0.29) is 5.02 Å². The molecule has 1 atom stereocenters. The summed E-state index contributed by atoms with van der Waals surface area (Å²) in [6, 6.07) is 10.2. The number of halogens is 3. The monoisotopic (exact) mass is 370 g/mol. The van der Waals surface area contributed by atoms with E-state index < -0.39 is 11.9 Å². The molecule has 5 heteroatoms. The van der Waals surface area contributed by atoms with Gasteiger partial charge in [-0.05, 0) is 38.8 Å². The summed E-state index contributed by atoms with van der Waals surface area (Å²) in [4.78, 5) is 0. The SMILES string of the molecule is OC(c1cccc(F)c1Cl)c1csc2c(Br)cccc12. The van der Waals surface area contributed by atoms with E-state index in [4.69, 9.17) is 11.6 Å². The second-order valence-electron chi connectivity index (χ2n) is 4.35. The van der Waals surface area contributed by atoms with Gasteiger partial charge in [0.25, 0.3) is 0 Å². The fraction of sp³-hybridized carbons (Fsp3) is 0.0667. The Morgan fingerprint density at radius 3 is 2.70 bits per heavy atom. The maximum absolute atomic E-state index is 13.5. The standard InChI is InChI=1S/C15H9BrClFOS/c16-11-5-1-3-8-10(7-20-15(8)11)14(19)9-4-2-6-12(18)13(9)17/h1-7,14,19H. The van der Waals surface area contributed by atoms with Crippen LogP contribution >= 0.6 is 38.9 Å². The minimum atomic E-state index is -0.943. The highest BCUT2D eigenvalue weighted by Gasteiger charge is 2.20. The van der Waals surface area contributed by atoms with Crippen LogP contribution in [0.25, 0.3) is 10.1 Å². The summed E-state index contributed by atoms with van der Waals surface area (Å²) in [7, 11) is 0. The normalized spacial score (nSPS) is 12.8. The van der Waals surface area contributed by atoms with Gasteiger partial charge in [-0.3, -0.25) is 0 Å². The van der Waals surface area contributed by atoms with Gasteiger partial charge >= 0.3 is 0 Å². The van der Waals surface area contributed by atoms with Crippen LogP contribution in [0.2, 0.25) is 5.02 Å². The van der Waals surface area contributed by atoms with E-state index in [9.17, 15) is 9.50 Å². The maximum atomic E-state index is 13.5. The molecule has 1 N–H and O–H groups in total. The average molecular weight is 372 g/mol. The van der Waals surface area contributed by atoms with Crippen LogP contribution in [0.1, 0.15) is 17.2 Å². The van der Waals surface area contributed by atoms with Crippen LogP contribution in [0.4, 0.5) is 4.39 Å². The lowest BCUT2D eigenvalue weighted by atomic mass is 10.0. The summed E-state index contributed by atoms with van der Waals surface area (Å²) in [5.74, 6) is -0.524. The molecule has 1 aromatic heterocycles. The Hall–Kier alpha value is -0.940. The van der Waals surface area contributed by atoms with Crippen LogP contribution < -0.4 is 0 Å². The molecule has 1 heterocycles. The number of thiophene rings is 1. The highest BCUT2D eigenvalue weighted by atomic mass is 79.9. The molecule has 0 radical (unpaired) electrons. The molecule has 102 valence electrons. The van der Waals surface area contributed by atoms with Crippen LogP contribution in [0.15, 0.2) is 46.3 Å². The number of hydrogen-bond acceptors (Lipinski definition) is 2. The average Bonchev–Trinajstić information content (AvgIpc) is 2.86. The molecule has 0 aliphatic heterocycles. The predicted octanol–water partition coefficient (Wildman–Crippen LogP) is 5.54. The van der Waals surface area contributed by atoms with Gasteiger partial charge in [0, 0.05) is 20.3 Å². The third kappa shape index (κ3) is 2.27. The summed E-state index contributed by atoms with van der Waals surface area (Å²) in [5, 5.41) is 13.3. The molecule has 0 aliphatic carbocycles. The molecule has 0 fully saturated rings. The Morgan fingerprint density at radius 1 is 1.15 bits per heavy atom. The molecule has 0 aliphatic rings. The van der Waals surface area contributed by atoms with Gasteiger partial charge in [0.15, 0.2) is 0 Å². The van der Waals surface area contributed by atoms with Crippen LogP contribution in [-0.4, -0.2) is 5.11 Å². The molecule has 0 spiro atoms. The van der Waals surface area contributed by atoms with Crippen molar-refractivity contribution in [3.8, 4) is 0 Å². The molecule has 0 amide bonds. The molecule has 2 aromatic carbocycles. The van der Waals surface area contributed by atoms with Crippen LogP contribution in [0, 0.1) is 5.82 Å². The molecule has 0 saturated carbocycles. The van der Waals surface area contributed by atoms with E-state index in [2.05, 4.69) is 15.9 Å². The fourth-order valence-electron chi connectivity index (χ4n) is 2.15. The molecule has 3 aromatic rings. The fourth-order valence-corrected chi connectivity index (χ4v) is 4.02. The maximum Gasteiger partial charge on any atom is 0.142 e. The molecule has 20 heavy (non-hydrogen) atoms. The van der Waals surface area contributed by atoms with E-state index in [0.29, 0.717) is 5.56 Å². The zero-order chi connectivity index (χ0) is 14.3. The van der Waals surface area contributed by atoms with Crippen LogP contribution in [-0.2, 0) is 0 Å². The van der Waals surface area contributed by atoms with Crippen molar-refractivity contribution in [1.29, 1.82) is 0 Å². The van der Waals surface area contributed by atoms with Crippen molar-refractivity contribution >= 4 is 49.0 Å². The first kappa shape index (κ1) is 14.0. The van der Waals surface area contributed by atoms with Crippen molar-refractivity contribution in [3.63, 3.8) is 0 Å². The number of fused-ring (bicyclic) bond motifs is 1. The minimum Gasteiger partial charge on any atom is -0.384 e. The van der Waals surface area contributed by atoms with Gasteiger partial charge in [0.1, 0.15) is 11.9 Å². The molecule has 1 nitrogen and oxygen atoms in total.